The minimum atomic E-state index is -0.920. The van der Waals surface area contributed by atoms with Crippen molar-refractivity contribution in [2.45, 2.75) is 0 Å². The molecule has 0 aliphatic rings. The molecule has 6 N–H and O–H groups in total. The minimum Gasteiger partial charge on any atom is -0.412 e. The van der Waals surface area contributed by atoms with Crippen LogP contribution in [0.4, 0.5) is 0 Å². The standard InChI is InChI=1S/C9H4O3.C5H7N3O.H2O/c10-7-5-3-1-2-4-6(5)8(11)9(7)12;6-8-5(9)4-1-2-7-3-4;/h1-4H;1-3,7H,6H2,(H,8,9);1H2. The van der Waals surface area contributed by atoms with Crippen molar-refractivity contribution < 1.29 is 10.3 Å². The lowest BCUT2D eigenvalue weighted by Crippen LogP contribution is -2.29. The minimum absolute atomic E-state index is 0. The fraction of sp³-hybridized carbons (Fsp3) is 0. The van der Waals surface area contributed by atoms with Gasteiger partial charge in [0.15, 0.2) is 0 Å². The SMILES string of the molecule is NNC(=O)c1cc[nH]c1.O.O=c1c(=O)c2ccccc2c1=O. The Morgan fingerprint density at radius 1 is 0.955 bits per heavy atom. The molecule has 0 saturated heterocycles. The summed E-state index contributed by atoms with van der Waals surface area (Å²) in [5.74, 6) is 4.57. The fourth-order valence-electron chi connectivity index (χ4n) is 1.78. The summed E-state index contributed by atoms with van der Waals surface area (Å²) in [5, 5.41) is 0.458. The molecule has 0 spiro atoms. The van der Waals surface area contributed by atoms with Gasteiger partial charge in [-0.05, 0) is 6.07 Å². The van der Waals surface area contributed by atoms with Crippen LogP contribution in [0, 0.1) is 0 Å². The summed E-state index contributed by atoms with van der Waals surface area (Å²) < 4.78 is 0. The highest BCUT2D eigenvalue weighted by atomic mass is 16.2. The number of hydrogen-bond donors (Lipinski definition) is 3. The van der Waals surface area contributed by atoms with Gasteiger partial charge >= 0.3 is 0 Å². The quantitative estimate of drug-likeness (QED) is 0.218. The van der Waals surface area contributed by atoms with Crippen LogP contribution in [0.2, 0.25) is 0 Å². The van der Waals surface area contributed by atoms with Gasteiger partial charge < -0.3 is 10.5 Å². The third-order valence-corrected chi connectivity index (χ3v) is 2.82. The monoisotopic (exact) mass is 303 g/mol. The first-order chi connectivity index (χ1) is 10.1. The van der Waals surface area contributed by atoms with Gasteiger partial charge in [-0.25, -0.2) is 5.84 Å². The van der Waals surface area contributed by atoms with Gasteiger partial charge in [0.05, 0.1) is 5.56 Å². The largest absolute Gasteiger partial charge is 0.412 e. The van der Waals surface area contributed by atoms with E-state index < -0.39 is 16.3 Å². The van der Waals surface area contributed by atoms with E-state index >= 15 is 0 Å². The van der Waals surface area contributed by atoms with Crippen LogP contribution in [-0.4, -0.2) is 16.4 Å². The highest BCUT2D eigenvalue weighted by molar-refractivity contribution is 5.93. The van der Waals surface area contributed by atoms with Crippen molar-refractivity contribution in [1.29, 1.82) is 0 Å². The summed E-state index contributed by atoms with van der Waals surface area (Å²) >= 11 is 0. The number of nitrogen functional groups attached to an aromatic ring is 1. The van der Waals surface area contributed by atoms with E-state index in [1.165, 1.54) is 12.1 Å². The number of H-pyrrole nitrogens is 1. The molecule has 3 aromatic rings. The average Bonchev–Trinajstić information content (AvgIpc) is 3.13. The summed E-state index contributed by atoms with van der Waals surface area (Å²) in [6.45, 7) is 0. The van der Waals surface area contributed by atoms with E-state index in [0.717, 1.165) is 0 Å². The molecule has 0 bridgehead atoms. The van der Waals surface area contributed by atoms with E-state index in [1.54, 1.807) is 30.6 Å². The molecule has 0 saturated carbocycles. The zero-order chi connectivity index (χ0) is 15.4. The lowest BCUT2D eigenvalue weighted by molar-refractivity contribution is 0.0954. The highest BCUT2D eigenvalue weighted by Crippen LogP contribution is 2.01. The Bertz CT molecular complexity index is 858. The van der Waals surface area contributed by atoms with Crippen LogP contribution in [0.1, 0.15) is 10.4 Å². The maximum absolute atomic E-state index is 11.0. The number of rotatable bonds is 1. The van der Waals surface area contributed by atoms with Crippen molar-refractivity contribution >= 4 is 16.7 Å². The average molecular weight is 303 g/mol. The zero-order valence-electron chi connectivity index (χ0n) is 11.3. The van der Waals surface area contributed by atoms with Crippen LogP contribution in [-0.2, 0) is 0 Å². The van der Waals surface area contributed by atoms with Crippen LogP contribution in [0.3, 0.4) is 0 Å². The predicted molar refractivity (Wildman–Crippen MR) is 81.2 cm³/mol. The molecule has 1 aromatic heterocycles. The lowest BCUT2D eigenvalue weighted by atomic mass is 10.2. The number of nitrogens with one attached hydrogen (secondary N) is 2. The number of hydrogen-bond acceptors (Lipinski definition) is 5. The number of aromatic amines is 1. The Labute approximate surface area is 123 Å². The molecular formula is C14H13N3O5. The van der Waals surface area contributed by atoms with Gasteiger partial charge in [0, 0.05) is 23.2 Å². The third-order valence-electron chi connectivity index (χ3n) is 2.82. The fourth-order valence-corrected chi connectivity index (χ4v) is 1.78. The number of carbonyl (C=O) groups excluding carboxylic acids is 1. The normalized spacial score (nSPS) is 9.50. The van der Waals surface area contributed by atoms with Crippen molar-refractivity contribution in [3.63, 3.8) is 0 Å². The molecule has 0 unspecified atom stereocenters. The molecule has 114 valence electrons. The Balaban J connectivity index is 0.000000219. The van der Waals surface area contributed by atoms with Crippen LogP contribution in [0.25, 0.3) is 10.8 Å². The second-order valence-electron chi connectivity index (χ2n) is 4.11. The number of fused-ring (bicyclic) bond motifs is 1. The maximum atomic E-state index is 11.0. The molecule has 0 fully saturated rings. The number of hydrazine groups is 1. The molecule has 8 nitrogen and oxygen atoms in total. The van der Waals surface area contributed by atoms with Gasteiger partial charge in [0.1, 0.15) is 0 Å². The summed E-state index contributed by atoms with van der Waals surface area (Å²) in [7, 11) is 0. The smallest absolute Gasteiger partial charge is 0.273 e. The van der Waals surface area contributed by atoms with Gasteiger partial charge in [-0.1, -0.05) is 24.3 Å². The Morgan fingerprint density at radius 3 is 1.91 bits per heavy atom. The Hall–Kier alpha value is -3.10. The number of benzene rings is 1. The van der Waals surface area contributed by atoms with E-state index in [4.69, 9.17) is 5.84 Å². The van der Waals surface area contributed by atoms with Gasteiger partial charge in [0.25, 0.3) is 11.3 Å². The van der Waals surface area contributed by atoms with Crippen molar-refractivity contribution in [3.8, 4) is 0 Å². The topological polar surface area (TPSA) is 154 Å². The van der Waals surface area contributed by atoms with E-state index in [2.05, 4.69) is 4.98 Å². The van der Waals surface area contributed by atoms with Crippen molar-refractivity contribution in [3.05, 3.63) is 79.0 Å². The number of carbonyl (C=O) groups is 1. The van der Waals surface area contributed by atoms with Crippen molar-refractivity contribution in [2.75, 3.05) is 0 Å². The summed E-state index contributed by atoms with van der Waals surface area (Å²) in [4.78, 5) is 46.3. The van der Waals surface area contributed by atoms with Crippen LogP contribution in [0.15, 0.2) is 57.1 Å². The van der Waals surface area contributed by atoms with Gasteiger partial charge in [-0.3, -0.25) is 24.6 Å². The van der Waals surface area contributed by atoms with Crippen molar-refractivity contribution in [1.82, 2.24) is 10.4 Å². The molecule has 2 aromatic carbocycles. The van der Waals surface area contributed by atoms with E-state index in [-0.39, 0.29) is 22.2 Å². The third kappa shape index (κ3) is 3.14. The summed E-state index contributed by atoms with van der Waals surface area (Å²) in [5.41, 5.74) is 0.258. The van der Waals surface area contributed by atoms with Crippen molar-refractivity contribution in [2.24, 2.45) is 5.84 Å². The predicted octanol–water partition coefficient (Wildman–Crippen LogP) is -1.41. The molecule has 8 heteroatoms. The Morgan fingerprint density at radius 2 is 1.50 bits per heavy atom. The molecule has 3 rings (SSSR count). The number of amides is 1. The lowest BCUT2D eigenvalue weighted by Gasteiger charge is -1.90. The molecule has 1 amide bonds. The number of aromatic nitrogens is 1. The van der Waals surface area contributed by atoms with Gasteiger partial charge in [-0.2, -0.15) is 0 Å². The highest BCUT2D eigenvalue weighted by Gasteiger charge is 2.09. The molecule has 0 aliphatic heterocycles. The van der Waals surface area contributed by atoms with Crippen LogP contribution in [0.5, 0.6) is 0 Å². The van der Waals surface area contributed by atoms with Crippen LogP contribution < -0.4 is 27.6 Å². The van der Waals surface area contributed by atoms with Gasteiger partial charge in [-0.15, -0.1) is 0 Å². The maximum Gasteiger partial charge on any atom is 0.273 e. The molecule has 1 heterocycles. The summed E-state index contributed by atoms with van der Waals surface area (Å²) in [6.07, 6.45) is 3.23. The zero-order valence-corrected chi connectivity index (χ0v) is 11.3. The van der Waals surface area contributed by atoms with E-state index in [0.29, 0.717) is 5.56 Å². The Kier molecular flexibility index (Phi) is 5.44. The second-order valence-corrected chi connectivity index (χ2v) is 4.11. The first kappa shape index (κ1) is 17.0. The molecule has 0 atom stereocenters. The van der Waals surface area contributed by atoms with E-state index in [9.17, 15) is 19.2 Å². The molecule has 0 radical (unpaired) electrons. The first-order valence-corrected chi connectivity index (χ1v) is 5.92. The number of nitrogens with two attached hydrogens (primary N) is 1. The molecule has 0 aliphatic carbocycles. The molecule has 22 heavy (non-hydrogen) atoms. The van der Waals surface area contributed by atoms with E-state index in [1.807, 2.05) is 5.43 Å². The van der Waals surface area contributed by atoms with Crippen LogP contribution >= 0.6 is 0 Å². The summed E-state index contributed by atoms with van der Waals surface area (Å²) in [6, 6.07) is 7.87. The molecular weight excluding hydrogens is 290 g/mol. The second kappa shape index (κ2) is 7.07. The van der Waals surface area contributed by atoms with Gasteiger partial charge in [0.2, 0.25) is 10.9 Å². The first-order valence-electron chi connectivity index (χ1n) is 5.92.